The van der Waals surface area contributed by atoms with Gasteiger partial charge in [0, 0.05) is 18.2 Å². The van der Waals surface area contributed by atoms with Crippen molar-refractivity contribution >= 4 is 5.91 Å². The average molecular weight is 278 g/mol. The number of hydrogen-bond donors (Lipinski definition) is 1. The van der Waals surface area contributed by atoms with Crippen molar-refractivity contribution in [2.45, 2.75) is 19.4 Å². The molecule has 6 heteroatoms. The Morgan fingerprint density at radius 1 is 1.20 bits per heavy atom. The number of nitrogens with zero attached hydrogens (tertiary/aromatic N) is 1. The average Bonchev–Trinajstić information content (AvgIpc) is 2.45. The highest BCUT2D eigenvalue weighted by molar-refractivity contribution is 5.98. The first kappa shape index (κ1) is 15.6. The number of ether oxygens (including phenoxy) is 3. The molecular formula is C14H18N2O4. The van der Waals surface area contributed by atoms with Gasteiger partial charge in [-0.15, -0.1) is 0 Å². The van der Waals surface area contributed by atoms with Crippen molar-refractivity contribution < 1.29 is 19.0 Å². The van der Waals surface area contributed by atoms with Crippen molar-refractivity contribution in [3.8, 4) is 23.3 Å². The summed E-state index contributed by atoms with van der Waals surface area (Å²) in [7, 11) is 4.47. The SMILES string of the molecule is COc1cc(OC)c(C(=O)NC(C)CC#N)cc1OC. The Labute approximate surface area is 118 Å². The summed E-state index contributed by atoms with van der Waals surface area (Å²) in [4.78, 5) is 12.2. The summed E-state index contributed by atoms with van der Waals surface area (Å²) in [6, 6.07) is 4.89. The van der Waals surface area contributed by atoms with Crippen molar-refractivity contribution in [3.05, 3.63) is 17.7 Å². The van der Waals surface area contributed by atoms with Crippen molar-refractivity contribution in [1.29, 1.82) is 5.26 Å². The van der Waals surface area contributed by atoms with Crippen LogP contribution in [0.15, 0.2) is 12.1 Å². The molecule has 0 radical (unpaired) electrons. The number of nitrogens with one attached hydrogen (secondary N) is 1. The van der Waals surface area contributed by atoms with Crippen molar-refractivity contribution in [2.24, 2.45) is 0 Å². The number of nitriles is 1. The molecule has 20 heavy (non-hydrogen) atoms. The third-order valence-electron chi connectivity index (χ3n) is 2.73. The molecule has 1 amide bonds. The minimum atomic E-state index is -0.328. The summed E-state index contributed by atoms with van der Waals surface area (Å²) in [6.45, 7) is 1.76. The second-order valence-electron chi connectivity index (χ2n) is 4.14. The van der Waals surface area contributed by atoms with Crippen LogP contribution in [0.3, 0.4) is 0 Å². The number of rotatable bonds is 6. The number of methoxy groups -OCH3 is 3. The first-order valence-corrected chi connectivity index (χ1v) is 6.05. The maximum atomic E-state index is 12.2. The van der Waals surface area contributed by atoms with E-state index >= 15 is 0 Å². The third kappa shape index (κ3) is 3.54. The zero-order valence-electron chi connectivity index (χ0n) is 12.0. The van der Waals surface area contributed by atoms with E-state index < -0.39 is 0 Å². The molecule has 0 bridgehead atoms. The summed E-state index contributed by atoms with van der Waals surface area (Å²) in [5.41, 5.74) is 0.329. The zero-order chi connectivity index (χ0) is 15.1. The van der Waals surface area contributed by atoms with Gasteiger partial charge in [-0.25, -0.2) is 0 Å². The summed E-state index contributed by atoms with van der Waals surface area (Å²) < 4.78 is 15.5. The van der Waals surface area contributed by atoms with Crippen molar-refractivity contribution in [2.75, 3.05) is 21.3 Å². The molecule has 1 atom stereocenters. The Morgan fingerprint density at radius 3 is 2.25 bits per heavy atom. The van der Waals surface area contributed by atoms with Gasteiger partial charge in [-0.05, 0) is 6.92 Å². The standard InChI is InChI=1S/C14H18N2O4/c1-9(5-6-15)16-14(17)10-7-12(19-3)13(20-4)8-11(10)18-2/h7-9H,5H2,1-4H3,(H,16,17). The van der Waals surface area contributed by atoms with Gasteiger partial charge in [-0.1, -0.05) is 0 Å². The normalized spacial score (nSPS) is 11.2. The molecule has 1 rings (SSSR count). The summed E-state index contributed by atoms with van der Waals surface area (Å²) in [5, 5.41) is 11.3. The lowest BCUT2D eigenvalue weighted by molar-refractivity contribution is 0.0937. The Morgan fingerprint density at radius 2 is 1.75 bits per heavy atom. The molecule has 0 aliphatic heterocycles. The van der Waals surface area contributed by atoms with Gasteiger partial charge >= 0.3 is 0 Å². The van der Waals surface area contributed by atoms with Gasteiger partial charge in [0.05, 0.1) is 39.4 Å². The lowest BCUT2D eigenvalue weighted by atomic mass is 10.1. The molecule has 0 aromatic heterocycles. The number of hydrogen-bond acceptors (Lipinski definition) is 5. The quantitative estimate of drug-likeness (QED) is 0.857. The van der Waals surface area contributed by atoms with Crippen LogP contribution in [0.5, 0.6) is 17.2 Å². The lowest BCUT2D eigenvalue weighted by Gasteiger charge is -2.15. The van der Waals surface area contributed by atoms with Gasteiger partial charge in [0.25, 0.3) is 5.91 Å². The van der Waals surface area contributed by atoms with Crippen LogP contribution in [0, 0.1) is 11.3 Å². The van der Waals surface area contributed by atoms with E-state index in [1.54, 1.807) is 19.1 Å². The summed E-state index contributed by atoms with van der Waals surface area (Å²) in [5.74, 6) is 0.965. The number of carbonyl (C=O) groups is 1. The first-order chi connectivity index (χ1) is 9.57. The lowest BCUT2D eigenvalue weighted by Crippen LogP contribution is -2.32. The van der Waals surface area contributed by atoms with E-state index in [4.69, 9.17) is 19.5 Å². The molecule has 108 valence electrons. The molecule has 1 unspecified atom stereocenters. The van der Waals surface area contributed by atoms with Gasteiger partial charge in [0.1, 0.15) is 5.75 Å². The predicted octanol–water partition coefficient (Wildman–Crippen LogP) is 1.74. The monoisotopic (exact) mass is 278 g/mol. The number of benzene rings is 1. The van der Waals surface area contributed by atoms with E-state index in [1.807, 2.05) is 6.07 Å². The van der Waals surface area contributed by atoms with Gasteiger partial charge in [-0.3, -0.25) is 4.79 Å². The molecular weight excluding hydrogens is 260 g/mol. The van der Waals surface area contributed by atoms with E-state index in [2.05, 4.69) is 5.32 Å². The van der Waals surface area contributed by atoms with E-state index in [1.165, 1.54) is 21.3 Å². The van der Waals surface area contributed by atoms with Crippen molar-refractivity contribution in [1.82, 2.24) is 5.32 Å². The molecule has 0 spiro atoms. The molecule has 1 aromatic rings. The number of amides is 1. The first-order valence-electron chi connectivity index (χ1n) is 6.05. The van der Waals surface area contributed by atoms with Gasteiger partial charge < -0.3 is 19.5 Å². The van der Waals surface area contributed by atoms with Crippen LogP contribution in [0.2, 0.25) is 0 Å². The summed E-state index contributed by atoms with van der Waals surface area (Å²) >= 11 is 0. The summed E-state index contributed by atoms with van der Waals surface area (Å²) in [6.07, 6.45) is 0.237. The van der Waals surface area contributed by atoms with E-state index in [9.17, 15) is 4.79 Å². The predicted molar refractivity (Wildman–Crippen MR) is 73.3 cm³/mol. The van der Waals surface area contributed by atoms with Gasteiger partial charge in [-0.2, -0.15) is 5.26 Å². The minimum Gasteiger partial charge on any atom is -0.496 e. The van der Waals surface area contributed by atoms with E-state index in [0.29, 0.717) is 22.8 Å². The topological polar surface area (TPSA) is 80.6 Å². The van der Waals surface area contributed by atoms with Crippen molar-refractivity contribution in [3.63, 3.8) is 0 Å². The Hall–Kier alpha value is -2.42. The Kier molecular flexibility index (Phi) is 5.66. The fourth-order valence-electron chi connectivity index (χ4n) is 1.70. The highest BCUT2D eigenvalue weighted by atomic mass is 16.5. The minimum absolute atomic E-state index is 0.237. The molecule has 1 N–H and O–H groups in total. The molecule has 0 heterocycles. The maximum absolute atomic E-state index is 12.2. The van der Waals surface area contributed by atoms with Gasteiger partial charge in [0.15, 0.2) is 11.5 Å². The highest BCUT2D eigenvalue weighted by Crippen LogP contribution is 2.34. The molecule has 0 fully saturated rings. The fourth-order valence-corrected chi connectivity index (χ4v) is 1.70. The molecule has 0 aliphatic carbocycles. The van der Waals surface area contributed by atoms with Crippen LogP contribution in [0.4, 0.5) is 0 Å². The van der Waals surface area contributed by atoms with Crippen LogP contribution < -0.4 is 19.5 Å². The van der Waals surface area contributed by atoms with Crippen LogP contribution in [0.1, 0.15) is 23.7 Å². The van der Waals surface area contributed by atoms with Crippen LogP contribution in [-0.4, -0.2) is 33.3 Å². The Bertz CT molecular complexity index is 523. The van der Waals surface area contributed by atoms with Crippen LogP contribution in [-0.2, 0) is 0 Å². The molecule has 1 aromatic carbocycles. The van der Waals surface area contributed by atoms with Crippen LogP contribution in [0.25, 0.3) is 0 Å². The second-order valence-corrected chi connectivity index (χ2v) is 4.14. The molecule has 6 nitrogen and oxygen atoms in total. The number of carbonyl (C=O) groups excluding carboxylic acids is 1. The molecule has 0 saturated heterocycles. The largest absolute Gasteiger partial charge is 0.496 e. The fraction of sp³-hybridized carbons (Fsp3) is 0.429. The molecule has 0 saturated carbocycles. The smallest absolute Gasteiger partial charge is 0.255 e. The Balaban J connectivity index is 3.10. The zero-order valence-corrected chi connectivity index (χ0v) is 12.0. The van der Waals surface area contributed by atoms with E-state index in [-0.39, 0.29) is 18.4 Å². The van der Waals surface area contributed by atoms with Gasteiger partial charge in [0.2, 0.25) is 0 Å². The maximum Gasteiger partial charge on any atom is 0.255 e. The van der Waals surface area contributed by atoms with Crippen LogP contribution >= 0.6 is 0 Å². The highest BCUT2D eigenvalue weighted by Gasteiger charge is 2.18. The third-order valence-corrected chi connectivity index (χ3v) is 2.73. The second kappa shape index (κ2) is 7.24. The van der Waals surface area contributed by atoms with E-state index in [0.717, 1.165) is 0 Å². The molecule has 0 aliphatic rings.